The molecule has 15 heavy (non-hydrogen) atoms. The molecular weight excluding hydrogens is 211 g/mol. The summed E-state index contributed by atoms with van der Waals surface area (Å²) in [6, 6.07) is 0. The SMILES string of the molecule is [CH2-]N1CCN(CCCCC(C)C)CC1.[K+]. The number of unbranched alkanes of at least 4 members (excludes halogenated alkanes) is 1. The number of hydrogen-bond donors (Lipinski definition) is 0. The van der Waals surface area contributed by atoms with Gasteiger partial charge in [0.2, 0.25) is 0 Å². The zero-order valence-electron chi connectivity index (χ0n) is 10.8. The maximum atomic E-state index is 3.96. The van der Waals surface area contributed by atoms with E-state index in [1.165, 1.54) is 38.9 Å². The fourth-order valence-electron chi connectivity index (χ4n) is 1.90. The Kier molecular flexibility index (Phi) is 10.6. The Morgan fingerprint density at radius 3 is 2.20 bits per heavy atom. The van der Waals surface area contributed by atoms with Gasteiger partial charge in [-0.25, -0.2) is 0 Å². The van der Waals surface area contributed by atoms with Crippen molar-refractivity contribution in [3.05, 3.63) is 7.05 Å². The first-order valence-electron chi connectivity index (χ1n) is 5.96. The number of rotatable bonds is 5. The van der Waals surface area contributed by atoms with E-state index in [2.05, 4.69) is 30.7 Å². The molecule has 1 fully saturated rings. The van der Waals surface area contributed by atoms with Crippen LogP contribution in [0.15, 0.2) is 0 Å². The average molecular weight is 236 g/mol. The summed E-state index contributed by atoms with van der Waals surface area (Å²) >= 11 is 0. The summed E-state index contributed by atoms with van der Waals surface area (Å²) in [5.41, 5.74) is 0. The summed E-state index contributed by atoms with van der Waals surface area (Å²) < 4.78 is 0. The van der Waals surface area contributed by atoms with Crippen LogP contribution in [-0.2, 0) is 0 Å². The molecular formula is C12H25KN2. The van der Waals surface area contributed by atoms with Crippen LogP contribution in [0, 0.1) is 13.0 Å². The Morgan fingerprint density at radius 2 is 1.67 bits per heavy atom. The van der Waals surface area contributed by atoms with Crippen LogP contribution in [-0.4, -0.2) is 42.5 Å². The summed E-state index contributed by atoms with van der Waals surface area (Å²) in [5, 5.41) is 0. The molecule has 0 aromatic rings. The van der Waals surface area contributed by atoms with E-state index < -0.39 is 0 Å². The molecule has 84 valence electrons. The van der Waals surface area contributed by atoms with Gasteiger partial charge in [-0.1, -0.05) is 26.7 Å². The molecule has 0 aromatic carbocycles. The number of nitrogens with zero attached hydrogens (tertiary/aromatic N) is 2. The Balaban J connectivity index is 0.00000196. The van der Waals surface area contributed by atoms with E-state index in [0.29, 0.717) is 0 Å². The van der Waals surface area contributed by atoms with Gasteiger partial charge in [-0.3, -0.25) is 7.05 Å². The monoisotopic (exact) mass is 236 g/mol. The fraction of sp³-hybridized carbons (Fsp3) is 0.917. The molecule has 0 amide bonds. The van der Waals surface area contributed by atoms with Crippen molar-refractivity contribution in [3.8, 4) is 0 Å². The van der Waals surface area contributed by atoms with Crippen LogP contribution in [0.2, 0.25) is 0 Å². The maximum Gasteiger partial charge on any atom is 1.00 e. The first kappa shape index (κ1) is 16.6. The molecule has 0 spiro atoms. The molecule has 0 bridgehead atoms. The molecule has 0 N–H and O–H groups in total. The third-order valence-electron chi connectivity index (χ3n) is 2.97. The maximum absolute atomic E-state index is 3.96. The topological polar surface area (TPSA) is 6.48 Å². The normalized spacial score (nSPS) is 19.2. The third-order valence-corrected chi connectivity index (χ3v) is 2.97. The Bertz CT molecular complexity index is 143. The van der Waals surface area contributed by atoms with Crippen LogP contribution in [0.4, 0.5) is 0 Å². The quantitative estimate of drug-likeness (QED) is 0.351. The molecule has 0 saturated carbocycles. The fourth-order valence-corrected chi connectivity index (χ4v) is 1.90. The molecule has 0 atom stereocenters. The average Bonchev–Trinajstić information content (AvgIpc) is 2.15. The molecule has 3 heteroatoms. The van der Waals surface area contributed by atoms with E-state index in [0.717, 1.165) is 19.0 Å². The Labute approximate surface area is 138 Å². The van der Waals surface area contributed by atoms with Crippen molar-refractivity contribution in [2.75, 3.05) is 32.7 Å². The number of hydrogen-bond acceptors (Lipinski definition) is 2. The van der Waals surface area contributed by atoms with Gasteiger partial charge in [0.25, 0.3) is 0 Å². The van der Waals surface area contributed by atoms with E-state index in [1.54, 1.807) is 0 Å². The molecule has 1 aliphatic rings. The molecule has 0 unspecified atom stereocenters. The predicted molar refractivity (Wildman–Crippen MR) is 62.1 cm³/mol. The molecule has 0 aliphatic carbocycles. The van der Waals surface area contributed by atoms with Gasteiger partial charge in [0.05, 0.1) is 0 Å². The van der Waals surface area contributed by atoms with Gasteiger partial charge >= 0.3 is 51.4 Å². The molecule has 0 aromatic heterocycles. The minimum atomic E-state index is 0. The zero-order chi connectivity index (χ0) is 10.4. The van der Waals surface area contributed by atoms with E-state index in [1.807, 2.05) is 0 Å². The largest absolute Gasteiger partial charge is 1.00 e. The van der Waals surface area contributed by atoms with Gasteiger partial charge in [-0.2, -0.15) is 0 Å². The minimum Gasteiger partial charge on any atom is -0.457 e. The van der Waals surface area contributed by atoms with Crippen molar-refractivity contribution in [2.24, 2.45) is 5.92 Å². The van der Waals surface area contributed by atoms with Gasteiger partial charge in [-0.15, -0.1) is 0 Å². The van der Waals surface area contributed by atoms with E-state index in [-0.39, 0.29) is 51.4 Å². The van der Waals surface area contributed by atoms with Gasteiger partial charge in [0.15, 0.2) is 0 Å². The second-order valence-corrected chi connectivity index (χ2v) is 4.85. The van der Waals surface area contributed by atoms with E-state index >= 15 is 0 Å². The summed E-state index contributed by atoms with van der Waals surface area (Å²) in [5.74, 6) is 0.867. The van der Waals surface area contributed by atoms with Gasteiger partial charge in [-0.05, 0) is 32.0 Å². The molecule has 1 aliphatic heterocycles. The van der Waals surface area contributed by atoms with Crippen LogP contribution in [0.5, 0.6) is 0 Å². The van der Waals surface area contributed by atoms with Gasteiger partial charge in [0.1, 0.15) is 0 Å². The molecule has 1 heterocycles. The first-order chi connectivity index (χ1) is 6.68. The van der Waals surface area contributed by atoms with Gasteiger partial charge < -0.3 is 9.80 Å². The van der Waals surface area contributed by atoms with Crippen LogP contribution in [0.3, 0.4) is 0 Å². The van der Waals surface area contributed by atoms with Crippen molar-refractivity contribution in [1.29, 1.82) is 0 Å². The van der Waals surface area contributed by atoms with Crippen molar-refractivity contribution >= 4 is 0 Å². The summed E-state index contributed by atoms with van der Waals surface area (Å²) in [4.78, 5) is 4.74. The van der Waals surface area contributed by atoms with Crippen molar-refractivity contribution in [2.45, 2.75) is 33.1 Å². The Hall–Kier alpha value is 1.56. The van der Waals surface area contributed by atoms with Crippen LogP contribution >= 0.6 is 0 Å². The number of piperazine rings is 1. The van der Waals surface area contributed by atoms with E-state index in [4.69, 9.17) is 0 Å². The third kappa shape index (κ3) is 8.30. The molecule has 1 saturated heterocycles. The summed E-state index contributed by atoms with van der Waals surface area (Å²) in [6.45, 7) is 10.6. The van der Waals surface area contributed by atoms with Crippen molar-refractivity contribution in [1.82, 2.24) is 9.80 Å². The van der Waals surface area contributed by atoms with Crippen molar-refractivity contribution < 1.29 is 51.4 Å². The summed E-state index contributed by atoms with van der Waals surface area (Å²) in [6.07, 6.45) is 4.15. The summed E-state index contributed by atoms with van der Waals surface area (Å²) in [7, 11) is 3.96. The standard InChI is InChI=1S/C12H25N2.K/c1-12(2)6-4-5-7-14-10-8-13(3)9-11-14;/h12H,3-11H2,1-2H3;/q-1;+1. The van der Waals surface area contributed by atoms with Crippen LogP contribution in [0.1, 0.15) is 33.1 Å². The zero-order valence-corrected chi connectivity index (χ0v) is 14.0. The van der Waals surface area contributed by atoms with E-state index in [9.17, 15) is 0 Å². The smallest absolute Gasteiger partial charge is 0.457 e. The van der Waals surface area contributed by atoms with Crippen molar-refractivity contribution in [3.63, 3.8) is 0 Å². The Morgan fingerprint density at radius 1 is 1.07 bits per heavy atom. The molecule has 0 radical (unpaired) electrons. The van der Waals surface area contributed by atoms with Gasteiger partial charge in [0, 0.05) is 13.1 Å². The molecule has 1 rings (SSSR count). The van der Waals surface area contributed by atoms with Crippen LogP contribution in [0.25, 0.3) is 0 Å². The minimum absolute atomic E-state index is 0. The predicted octanol–water partition coefficient (Wildman–Crippen LogP) is -0.774. The molecule has 2 nitrogen and oxygen atoms in total. The van der Waals surface area contributed by atoms with Crippen LogP contribution < -0.4 is 51.4 Å². The first-order valence-corrected chi connectivity index (χ1v) is 5.96. The second kappa shape index (κ2) is 9.57. The second-order valence-electron chi connectivity index (χ2n) is 4.85.